The second kappa shape index (κ2) is 6.34. The van der Waals surface area contributed by atoms with E-state index in [-0.39, 0.29) is 5.24 Å². The number of benzene rings is 2. The molecule has 3 rings (SSSR count). The Hall–Kier alpha value is -1.76. The van der Waals surface area contributed by atoms with Crippen molar-refractivity contribution in [1.29, 1.82) is 0 Å². The zero-order valence-corrected chi connectivity index (χ0v) is 12.1. The largest absolute Gasteiger partial charge is 0.491 e. The van der Waals surface area contributed by atoms with Gasteiger partial charge in [0.15, 0.2) is 0 Å². The quantitative estimate of drug-likeness (QED) is 0.854. The van der Waals surface area contributed by atoms with Gasteiger partial charge in [0.2, 0.25) is 0 Å². The van der Waals surface area contributed by atoms with Crippen LogP contribution in [0.25, 0.3) is 0 Å². The minimum Gasteiger partial charge on any atom is -0.423 e. The highest BCUT2D eigenvalue weighted by atomic mass is 32.2. The summed E-state index contributed by atoms with van der Waals surface area (Å²) in [5, 5.41) is 12.4. The lowest BCUT2D eigenvalue weighted by atomic mass is 9.79. The summed E-state index contributed by atoms with van der Waals surface area (Å²) in [6, 6.07) is 15.3. The van der Waals surface area contributed by atoms with Gasteiger partial charge in [-0.1, -0.05) is 48.2 Å². The van der Waals surface area contributed by atoms with Crippen LogP contribution in [0.1, 0.15) is 11.1 Å². The van der Waals surface area contributed by atoms with Crippen LogP contribution in [0.2, 0.25) is 0 Å². The maximum Gasteiger partial charge on any atom is 0.491 e. The Bertz CT molecular complexity index is 651. The predicted octanol–water partition coefficient (Wildman–Crippen LogP) is 2.37. The maximum absolute atomic E-state index is 11.9. The smallest absolute Gasteiger partial charge is 0.423 e. The highest BCUT2D eigenvalue weighted by Crippen LogP contribution is 2.18. The normalized spacial score (nSPS) is 13.1. The first-order valence-corrected chi connectivity index (χ1v) is 7.61. The molecule has 0 aliphatic carbocycles. The number of carbonyl (C=O) groups excluding carboxylic acids is 1. The Balaban J connectivity index is 1.59. The van der Waals surface area contributed by atoms with E-state index in [1.54, 1.807) is 6.07 Å². The molecule has 1 aliphatic rings. The molecule has 0 radical (unpaired) electrons. The van der Waals surface area contributed by atoms with Gasteiger partial charge in [0.05, 0.1) is 6.61 Å². The lowest BCUT2D eigenvalue weighted by Gasteiger charge is -2.07. The molecule has 6 heteroatoms. The van der Waals surface area contributed by atoms with Crippen LogP contribution in [0.3, 0.4) is 0 Å². The van der Waals surface area contributed by atoms with Crippen molar-refractivity contribution in [3.05, 3.63) is 59.7 Å². The molecule has 1 amide bonds. The van der Waals surface area contributed by atoms with Gasteiger partial charge in [-0.15, -0.1) is 0 Å². The number of hydrogen-bond acceptors (Lipinski definition) is 4. The number of fused-ring (bicyclic) bond motifs is 1. The van der Waals surface area contributed by atoms with E-state index >= 15 is 0 Å². The number of nitrogens with one attached hydrogen (secondary N) is 1. The SMILES string of the molecule is O=C(Nc1ccc2c(c1)B(O)OC2)SCc1ccccc1. The molecular formula is C15H14BNO3S. The zero-order valence-electron chi connectivity index (χ0n) is 11.3. The summed E-state index contributed by atoms with van der Waals surface area (Å²) in [5.74, 6) is 0.628. The minimum atomic E-state index is -0.895. The minimum absolute atomic E-state index is 0.118. The molecule has 0 bridgehead atoms. The van der Waals surface area contributed by atoms with Crippen molar-refractivity contribution in [2.45, 2.75) is 12.4 Å². The van der Waals surface area contributed by atoms with Crippen LogP contribution in [-0.2, 0) is 17.0 Å². The first-order chi connectivity index (χ1) is 10.2. The fourth-order valence-corrected chi connectivity index (χ4v) is 2.85. The first kappa shape index (κ1) is 14.2. The van der Waals surface area contributed by atoms with Crippen LogP contribution in [-0.4, -0.2) is 17.4 Å². The molecule has 1 heterocycles. The van der Waals surface area contributed by atoms with Gasteiger partial charge in [-0.05, 0) is 28.7 Å². The Morgan fingerprint density at radius 3 is 2.90 bits per heavy atom. The predicted molar refractivity (Wildman–Crippen MR) is 85.6 cm³/mol. The van der Waals surface area contributed by atoms with Crippen molar-refractivity contribution in [3.8, 4) is 0 Å². The average Bonchev–Trinajstić information content (AvgIpc) is 2.87. The van der Waals surface area contributed by atoms with Gasteiger partial charge in [-0.25, -0.2) is 0 Å². The van der Waals surface area contributed by atoms with Crippen molar-refractivity contribution in [1.82, 2.24) is 0 Å². The standard InChI is InChI=1S/C15H14BNO3S/c18-15(21-10-11-4-2-1-3-5-11)17-13-7-6-12-9-20-16(19)14(12)8-13/h1-8,19H,9-10H2,(H,17,18). The van der Waals surface area contributed by atoms with Crippen LogP contribution < -0.4 is 10.8 Å². The maximum atomic E-state index is 11.9. The van der Waals surface area contributed by atoms with Gasteiger partial charge in [-0.3, -0.25) is 4.79 Å². The molecule has 0 spiro atoms. The van der Waals surface area contributed by atoms with E-state index in [9.17, 15) is 9.82 Å². The van der Waals surface area contributed by atoms with Crippen LogP contribution in [0.4, 0.5) is 10.5 Å². The summed E-state index contributed by atoms with van der Waals surface area (Å²) in [5.41, 5.74) is 3.46. The van der Waals surface area contributed by atoms with Crippen molar-refractivity contribution >= 4 is 35.3 Å². The van der Waals surface area contributed by atoms with E-state index < -0.39 is 7.12 Å². The number of anilines is 1. The van der Waals surface area contributed by atoms with Crippen molar-refractivity contribution in [2.24, 2.45) is 0 Å². The Morgan fingerprint density at radius 1 is 1.29 bits per heavy atom. The molecule has 106 valence electrons. The number of amides is 1. The second-order valence-electron chi connectivity index (χ2n) is 4.76. The summed E-state index contributed by atoms with van der Waals surface area (Å²) in [6.45, 7) is 0.410. The van der Waals surface area contributed by atoms with Gasteiger partial charge in [0, 0.05) is 11.4 Å². The molecular weight excluding hydrogens is 285 g/mol. The molecule has 0 saturated carbocycles. The molecule has 2 N–H and O–H groups in total. The number of carbonyl (C=O) groups is 1. The van der Waals surface area contributed by atoms with E-state index in [2.05, 4.69) is 5.32 Å². The molecule has 0 fully saturated rings. The highest BCUT2D eigenvalue weighted by molar-refractivity contribution is 8.13. The van der Waals surface area contributed by atoms with E-state index in [1.165, 1.54) is 11.8 Å². The third-order valence-electron chi connectivity index (χ3n) is 3.27. The number of thioether (sulfide) groups is 1. The van der Waals surface area contributed by atoms with E-state index in [0.717, 1.165) is 16.6 Å². The molecule has 0 aromatic heterocycles. The summed E-state index contributed by atoms with van der Waals surface area (Å²) in [7, 11) is -0.895. The van der Waals surface area contributed by atoms with Crippen molar-refractivity contribution in [3.63, 3.8) is 0 Å². The monoisotopic (exact) mass is 299 g/mol. The Morgan fingerprint density at radius 2 is 2.10 bits per heavy atom. The molecule has 0 unspecified atom stereocenters. The zero-order chi connectivity index (χ0) is 14.7. The van der Waals surface area contributed by atoms with Gasteiger partial charge >= 0.3 is 7.12 Å². The molecule has 21 heavy (non-hydrogen) atoms. The fraction of sp³-hybridized carbons (Fsp3) is 0.133. The lowest BCUT2D eigenvalue weighted by molar-refractivity contribution is 0.269. The molecule has 2 aromatic carbocycles. The Labute approximate surface area is 127 Å². The van der Waals surface area contributed by atoms with E-state index in [1.807, 2.05) is 42.5 Å². The first-order valence-electron chi connectivity index (χ1n) is 6.62. The van der Waals surface area contributed by atoms with Crippen LogP contribution >= 0.6 is 11.8 Å². The van der Waals surface area contributed by atoms with Gasteiger partial charge in [0.1, 0.15) is 0 Å². The van der Waals surface area contributed by atoms with Crippen molar-refractivity contribution in [2.75, 3.05) is 5.32 Å². The molecule has 0 saturated heterocycles. The van der Waals surface area contributed by atoms with Crippen molar-refractivity contribution < 1.29 is 14.5 Å². The topological polar surface area (TPSA) is 58.6 Å². The summed E-state index contributed by atoms with van der Waals surface area (Å²) >= 11 is 1.21. The van der Waals surface area contributed by atoms with Gasteiger partial charge in [-0.2, -0.15) is 0 Å². The third kappa shape index (κ3) is 3.47. The summed E-state index contributed by atoms with van der Waals surface area (Å²) in [6.07, 6.45) is 0. The molecule has 4 nitrogen and oxygen atoms in total. The lowest BCUT2D eigenvalue weighted by Crippen LogP contribution is -2.28. The summed E-state index contributed by atoms with van der Waals surface area (Å²) < 4.78 is 5.13. The second-order valence-corrected chi connectivity index (χ2v) is 5.71. The third-order valence-corrected chi connectivity index (χ3v) is 4.11. The Kier molecular flexibility index (Phi) is 4.29. The number of rotatable bonds is 3. The van der Waals surface area contributed by atoms with E-state index in [0.29, 0.717) is 18.0 Å². The van der Waals surface area contributed by atoms with Crippen LogP contribution in [0.5, 0.6) is 0 Å². The molecule has 1 aliphatic heterocycles. The summed E-state index contributed by atoms with van der Waals surface area (Å²) in [4.78, 5) is 11.9. The van der Waals surface area contributed by atoms with Crippen LogP contribution in [0.15, 0.2) is 48.5 Å². The number of hydrogen-bond donors (Lipinski definition) is 2. The van der Waals surface area contributed by atoms with Crippen LogP contribution in [0, 0.1) is 0 Å². The average molecular weight is 299 g/mol. The van der Waals surface area contributed by atoms with E-state index in [4.69, 9.17) is 4.65 Å². The highest BCUT2D eigenvalue weighted by Gasteiger charge is 2.27. The van der Waals surface area contributed by atoms with Gasteiger partial charge in [0.25, 0.3) is 5.24 Å². The fourth-order valence-electron chi connectivity index (χ4n) is 2.17. The van der Waals surface area contributed by atoms with Gasteiger partial charge < -0.3 is 15.0 Å². The molecule has 2 aromatic rings. The molecule has 0 atom stereocenters.